The van der Waals surface area contributed by atoms with E-state index in [1.165, 1.54) is 10.0 Å². The molecule has 162 valence electrons. The van der Waals surface area contributed by atoms with Crippen molar-refractivity contribution in [3.63, 3.8) is 0 Å². The number of fused-ring (bicyclic) bond motifs is 1. The lowest BCUT2D eigenvalue weighted by molar-refractivity contribution is -0.0354. The van der Waals surface area contributed by atoms with Crippen LogP contribution in [0.15, 0.2) is 16.7 Å². The first-order valence-corrected chi connectivity index (χ1v) is 11.3. The Morgan fingerprint density at radius 1 is 1.10 bits per heavy atom. The Bertz CT molecular complexity index is 992. The molecule has 0 aromatic carbocycles. The molecule has 4 rings (SSSR count). The molecule has 2 aliphatic rings. The first kappa shape index (κ1) is 21.1. The van der Waals surface area contributed by atoms with Crippen LogP contribution < -0.4 is 0 Å². The lowest BCUT2D eigenvalue weighted by Gasteiger charge is -2.34. The lowest BCUT2D eigenvalue weighted by Crippen LogP contribution is -2.51. The Kier molecular flexibility index (Phi) is 5.28. The van der Waals surface area contributed by atoms with Crippen molar-refractivity contribution >= 4 is 33.6 Å². The first-order valence-electron chi connectivity index (χ1n) is 10.5. The highest BCUT2D eigenvalue weighted by Gasteiger charge is 2.42. The smallest absolute Gasteiger partial charge is 0.429 e. The molecular formula is C21H28BrN5O3. The van der Waals surface area contributed by atoms with E-state index in [1.807, 2.05) is 31.4 Å². The molecular weight excluding hydrogens is 450 g/mol. The monoisotopic (exact) mass is 477 g/mol. The van der Waals surface area contributed by atoms with Gasteiger partial charge in [-0.2, -0.15) is 5.10 Å². The van der Waals surface area contributed by atoms with Gasteiger partial charge in [-0.1, -0.05) is 6.92 Å². The normalized spacial score (nSPS) is 19.0. The van der Waals surface area contributed by atoms with Crippen molar-refractivity contribution in [1.82, 2.24) is 24.6 Å². The van der Waals surface area contributed by atoms with Crippen LogP contribution in [0.25, 0.3) is 5.65 Å². The summed E-state index contributed by atoms with van der Waals surface area (Å²) in [5.74, 6) is -0.284. The molecule has 0 atom stereocenters. The van der Waals surface area contributed by atoms with Crippen LogP contribution in [0.2, 0.25) is 0 Å². The number of hydrogen-bond donors (Lipinski definition) is 0. The zero-order valence-corrected chi connectivity index (χ0v) is 19.5. The zero-order chi connectivity index (χ0) is 21.7. The summed E-state index contributed by atoms with van der Waals surface area (Å²) >= 11 is 3.41. The van der Waals surface area contributed by atoms with E-state index in [0.717, 1.165) is 37.8 Å². The van der Waals surface area contributed by atoms with Crippen molar-refractivity contribution in [2.75, 3.05) is 13.1 Å². The van der Waals surface area contributed by atoms with E-state index < -0.39 is 11.7 Å². The molecule has 2 aromatic rings. The summed E-state index contributed by atoms with van der Waals surface area (Å²) < 4.78 is 8.05. The Morgan fingerprint density at radius 2 is 1.77 bits per heavy atom. The van der Waals surface area contributed by atoms with Crippen LogP contribution >= 0.6 is 15.9 Å². The quantitative estimate of drug-likeness (QED) is 0.643. The number of hydrogen-bond acceptors (Lipinski definition) is 5. The SMILES string of the molecule is CC(C)(C)OC(=O)N1CCCCCN1C(=O)c1cc(C2(C)CC2)n2nc(Br)cc2n1. The van der Waals surface area contributed by atoms with Crippen molar-refractivity contribution < 1.29 is 14.3 Å². The fourth-order valence-corrected chi connectivity index (χ4v) is 4.08. The summed E-state index contributed by atoms with van der Waals surface area (Å²) in [5, 5.41) is 7.44. The Hall–Kier alpha value is -2.16. The van der Waals surface area contributed by atoms with Gasteiger partial charge in [0.05, 0.1) is 5.69 Å². The van der Waals surface area contributed by atoms with Crippen LogP contribution in [-0.2, 0) is 10.2 Å². The minimum atomic E-state index is -0.632. The number of amides is 2. The summed E-state index contributed by atoms with van der Waals surface area (Å²) in [7, 11) is 0. The van der Waals surface area contributed by atoms with Gasteiger partial charge in [-0.15, -0.1) is 0 Å². The molecule has 30 heavy (non-hydrogen) atoms. The van der Waals surface area contributed by atoms with Crippen LogP contribution in [0.5, 0.6) is 0 Å². The average molecular weight is 478 g/mol. The largest absolute Gasteiger partial charge is 0.442 e. The third-order valence-electron chi connectivity index (χ3n) is 5.60. The number of nitrogens with zero attached hydrogens (tertiary/aromatic N) is 5. The van der Waals surface area contributed by atoms with Crippen molar-refractivity contribution in [3.05, 3.63) is 28.1 Å². The Labute approximate surface area is 184 Å². The molecule has 0 radical (unpaired) electrons. The summed E-state index contributed by atoms with van der Waals surface area (Å²) in [5.41, 5.74) is 1.28. The van der Waals surface area contributed by atoms with E-state index >= 15 is 0 Å². The molecule has 1 aliphatic carbocycles. The Balaban J connectivity index is 1.71. The molecule has 8 nitrogen and oxygen atoms in total. The number of halogens is 1. The second-order valence-electron chi connectivity index (χ2n) is 9.42. The number of ether oxygens (including phenoxy) is 1. The molecule has 0 N–H and O–H groups in total. The summed E-state index contributed by atoms with van der Waals surface area (Å²) in [4.78, 5) is 31.0. The standard InChI is InChI=1S/C21H28BrN5O3/c1-20(2,3)30-19(29)26-11-7-5-6-10-25(26)18(28)14-12-15(21(4)8-9-21)27-17(23-14)13-16(22)24-27/h12-13H,5-11H2,1-4H3. The summed E-state index contributed by atoms with van der Waals surface area (Å²) in [6.07, 6.45) is 4.20. The molecule has 1 saturated carbocycles. The van der Waals surface area contributed by atoms with E-state index in [0.29, 0.717) is 29.0 Å². The molecule has 2 aromatic heterocycles. The molecule has 0 spiro atoms. The van der Waals surface area contributed by atoms with Gasteiger partial charge in [-0.3, -0.25) is 4.79 Å². The van der Waals surface area contributed by atoms with Crippen molar-refractivity contribution in [2.24, 2.45) is 0 Å². The van der Waals surface area contributed by atoms with Gasteiger partial charge in [0.15, 0.2) is 5.65 Å². The van der Waals surface area contributed by atoms with Gasteiger partial charge in [-0.25, -0.2) is 24.3 Å². The first-order chi connectivity index (χ1) is 14.1. The van der Waals surface area contributed by atoms with Crippen molar-refractivity contribution in [3.8, 4) is 0 Å². The van der Waals surface area contributed by atoms with Gasteiger partial charge in [0.25, 0.3) is 5.91 Å². The second kappa shape index (κ2) is 7.51. The maximum Gasteiger partial charge on any atom is 0.429 e. The highest BCUT2D eigenvalue weighted by molar-refractivity contribution is 9.10. The third-order valence-corrected chi connectivity index (χ3v) is 5.99. The van der Waals surface area contributed by atoms with E-state index in [2.05, 4.69) is 32.9 Å². The van der Waals surface area contributed by atoms with Crippen LogP contribution in [-0.4, -0.2) is 55.3 Å². The summed E-state index contributed by atoms with van der Waals surface area (Å²) in [6, 6.07) is 3.64. The van der Waals surface area contributed by atoms with E-state index in [4.69, 9.17) is 4.74 Å². The second-order valence-corrected chi connectivity index (χ2v) is 10.2. The van der Waals surface area contributed by atoms with Crippen LogP contribution in [0, 0.1) is 0 Å². The van der Waals surface area contributed by atoms with Gasteiger partial charge in [0.1, 0.15) is 15.9 Å². The molecule has 2 fully saturated rings. The predicted molar refractivity (Wildman–Crippen MR) is 115 cm³/mol. The third kappa shape index (κ3) is 4.17. The molecule has 1 saturated heterocycles. The highest BCUT2D eigenvalue weighted by atomic mass is 79.9. The van der Waals surface area contributed by atoms with Crippen LogP contribution in [0.1, 0.15) is 76.0 Å². The number of hydrazine groups is 1. The van der Waals surface area contributed by atoms with E-state index in [9.17, 15) is 9.59 Å². The topological polar surface area (TPSA) is 80.0 Å². The predicted octanol–water partition coefficient (Wildman–Crippen LogP) is 4.32. The van der Waals surface area contributed by atoms with E-state index in [-0.39, 0.29) is 11.3 Å². The molecule has 9 heteroatoms. The van der Waals surface area contributed by atoms with Gasteiger partial charge in [0, 0.05) is 24.6 Å². The fourth-order valence-electron chi connectivity index (χ4n) is 3.72. The van der Waals surface area contributed by atoms with Crippen LogP contribution in [0.4, 0.5) is 4.79 Å². The maximum absolute atomic E-state index is 13.6. The minimum Gasteiger partial charge on any atom is -0.442 e. The summed E-state index contributed by atoms with van der Waals surface area (Å²) in [6.45, 7) is 8.55. The zero-order valence-electron chi connectivity index (χ0n) is 17.9. The lowest BCUT2D eigenvalue weighted by atomic mass is 10.0. The van der Waals surface area contributed by atoms with Crippen molar-refractivity contribution in [1.29, 1.82) is 0 Å². The number of carbonyl (C=O) groups excluding carboxylic acids is 2. The Morgan fingerprint density at radius 3 is 2.40 bits per heavy atom. The maximum atomic E-state index is 13.6. The molecule has 0 unspecified atom stereocenters. The molecule has 3 heterocycles. The van der Waals surface area contributed by atoms with Gasteiger partial charge < -0.3 is 4.74 Å². The molecule has 0 bridgehead atoms. The van der Waals surface area contributed by atoms with Gasteiger partial charge >= 0.3 is 6.09 Å². The number of aromatic nitrogens is 3. The average Bonchev–Trinajstić information content (AvgIpc) is 3.35. The molecule has 2 amide bonds. The van der Waals surface area contributed by atoms with Crippen molar-refractivity contribution in [2.45, 2.75) is 70.8 Å². The fraction of sp³-hybridized carbons (Fsp3) is 0.619. The molecule has 1 aliphatic heterocycles. The minimum absolute atomic E-state index is 0.00861. The van der Waals surface area contributed by atoms with Crippen LogP contribution in [0.3, 0.4) is 0 Å². The van der Waals surface area contributed by atoms with E-state index in [1.54, 1.807) is 6.07 Å². The number of rotatable bonds is 2. The van der Waals surface area contributed by atoms with Gasteiger partial charge in [-0.05, 0) is 74.9 Å². The van der Waals surface area contributed by atoms with Gasteiger partial charge in [0.2, 0.25) is 0 Å². The number of carbonyl (C=O) groups is 2. The highest BCUT2D eigenvalue weighted by Crippen LogP contribution is 2.47.